The van der Waals surface area contributed by atoms with E-state index in [0.717, 1.165) is 5.56 Å². The summed E-state index contributed by atoms with van der Waals surface area (Å²) in [5, 5.41) is 12.5. The fraction of sp³-hybridized carbons (Fsp3) is 0.500. The number of nitrogens with one attached hydrogen (secondary N) is 1. The molecule has 1 saturated heterocycles. The van der Waals surface area contributed by atoms with E-state index in [0.29, 0.717) is 25.2 Å². The molecule has 0 saturated carbocycles. The van der Waals surface area contributed by atoms with Crippen LogP contribution in [0.5, 0.6) is 0 Å². The predicted octanol–water partition coefficient (Wildman–Crippen LogP) is 0.943. The van der Waals surface area contributed by atoms with Crippen LogP contribution >= 0.6 is 0 Å². The number of amides is 1. The van der Waals surface area contributed by atoms with E-state index in [1.54, 1.807) is 6.07 Å². The van der Waals surface area contributed by atoms with E-state index >= 15 is 0 Å². The van der Waals surface area contributed by atoms with Gasteiger partial charge in [0, 0.05) is 6.61 Å². The highest BCUT2D eigenvalue weighted by atomic mass is 19.1. The van der Waals surface area contributed by atoms with Gasteiger partial charge in [-0.25, -0.2) is 4.39 Å². The molecule has 4 nitrogen and oxygen atoms in total. The summed E-state index contributed by atoms with van der Waals surface area (Å²) in [4.78, 5) is 11.9. The monoisotopic (exact) mass is 267 g/mol. The highest BCUT2D eigenvalue weighted by Gasteiger charge is 2.25. The summed E-state index contributed by atoms with van der Waals surface area (Å²) < 4.78 is 18.3. The lowest BCUT2D eigenvalue weighted by atomic mass is 10.0. The number of hydrogen-bond acceptors (Lipinski definition) is 3. The van der Waals surface area contributed by atoms with Crippen LogP contribution in [-0.2, 0) is 16.0 Å². The number of carbonyl (C=O) groups is 1. The van der Waals surface area contributed by atoms with Gasteiger partial charge in [0.15, 0.2) is 0 Å². The number of aliphatic hydroxyl groups excluding tert-OH is 1. The van der Waals surface area contributed by atoms with E-state index in [2.05, 4.69) is 5.32 Å². The largest absolute Gasteiger partial charge is 0.391 e. The number of ether oxygens (including phenoxy) is 1. The predicted molar refractivity (Wildman–Crippen MR) is 68.2 cm³/mol. The van der Waals surface area contributed by atoms with Gasteiger partial charge in [-0.15, -0.1) is 0 Å². The van der Waals surface area contributed by atoms with Crippen LogP contribution in [0.1, 0.15) is 17.5 Å². The van der Waals surface area contributed by atoms with Gasteiger partial charge in [-0.3, -0.25) is 4.79 Å². The maximum atomic E-state index is 13.1. The van der Waals surface area contributed by atoms with Crippen LogP contribution in [0, 0.1) is 12.7 Å². The summed E-state index contributed by atoms with van der Waals surface area (Å²) in [5.41, 5.74) is 1.53. The van der Waals surface area contributed by atoms with Gasteiger partial charge >= 0.3 is 0 Å². The molecule has 1 aliphatic heterocycles. The van der Waals surface area contributed by atoms with Crippen LogP contribution in [0.2, 0.25) is 0 Å². The molecule has 1 fully saturated rings. The minimum Gasteiger partial charge on any atom is -0.391 e. The van der Waals surface area contributed by atoms with Gasteiger partial charge in [0.1, 0.15) is 5.82 Å². The van der Waals surface area contributed by atoms with Crippen molar-refractivity contribution < 1.29 is 19.0 Å². The standard InChI is InChI=1S/C14H18FNO3/c1-9-2-3-11(15)6-10(9)7-14(18)16-12-8-19-5-4-13(12)17/h2-3,6,12-13,17H,4-5,7-8H2,1H3,(H,16,18)/t12-,13-/m1/s1. The van der Waals surface area contributed by atoms with Crippen LogP contribution in [0.15, 0.2) is 18.2 Å². The van der Waals surface area contributed by atoms with E-state index < -0.39 is 6.10 Å². The topological polar surface area (TPSA) is 58.6 Å². The number of rotatable bonds is 3. The molecular weight excluding hydrogens is 249 g/mol. The summed E-state index contributed by atoms with van der Waals surface area (Å²) in [7, 11) is 0. The molecule has 2 atom stereocenters. The molecule has 0 bridgehead atoms. The molecule has 0 aromatic heterocycles. The van der Waals surface area contributed by atoms with E-state index in [9.17, 15) is 14.3 Å². The van der Waals surface area contributed by atoms with Gasteiger partial charge in [0.05, 0.1) is 25.2 Å². The Hall–Kier alpha value is -1.46. The molecule has 19 heavy (non-hydrogen) atoms. The average molecular weight is 267 g/mol. The molecule has 0 spiro atoms. The highest BCUT2D eigenvalue weighted by Crippen LogP contribution is 2.12. The SMILES string of the molecule is Cc1ccc(F)cc1CC(=O)N[C@@H]1COCC[C@H]1O. The summed E-state index contributed by atoms with van der Waals surface area (Å²) in [6.07, 6.45) is 0.0443. The quantitative estimate of drug-likeness (QED) is 0.857. The number of benzene rings is 1. The molecule has 5 heteroatoms. The molecular formula is C14H18FNO3. The van der Waals surface area contributed by atoms with Crippen molar-refractivity contribution >= 4 is 5.91 Å². The molecule has 0 unspecified atom stereocenters. The molecule has 1 aromatic rings. The number of aryl methyl sites for hydroxylation is 1. The fourth-order valence-electron chi connectivity index (χ4n) is 2.13. The zero-order valence-electron chi connectivity index (χ0n) is 10.9. The number of hydrogen-bond donors (Lipinski definition) is 2. The zero-order chi connectivity index (χ0) is 13.8. The van der Waals surface area contributed by atoms with Gasteiger partial charge in [-0.05, 0) is 36.6 Å². The van der Waals surface area contributed by atoms with E-state index in [1.165, 1.54) is 12.1 Å². The third-order valence-corrected chi connectivity index (χ3v) is 3.33. The highest BCUT2D eigenvalue weighted by molar-refractivity contribution is 5.79. The van der Waals surface area contributed by atoms with Crippen LogP contribution < -0.4 is 5.32 Å². The molecule has 104 valence electrons. The second-order valence-corrected chi connectivity index (χ2v) is 4.85. The lowest BCUT2D eigenvalue weighted by Crippen LogP contribution is -2.49. The third kappa shape index (κ3) is 3.75. The Balaban J connectivity index is 1.95. The minimum absolute atomic E-state index is 0.104. The molecule has 2 N–H and O–H groups in total. The Kier molecular flexibility index (Phi) is 4.50. The van der Waals surface area contributed by atoms with Crippen molar-refractivity contribution in [3.8, 4) is 0 Å². The van der Waals surface area contributed by atoms with Gasteiger partial charge in [0.25, 0.3) is 0 Å². The van der Waals surface area contributed by atoms with E-state index in [1.807, 2.05) is 6.92 Å². The molecule has 1 aromatic carbocycles. The Bertz CT molecular complexity index is 464. The Morgan fingerprint density at radius 1 is 1.58 bits per heavy atom. The molecule has 0 aliphatic carbocycles. The first-order chi connectivity index (χ1) is 9.06. The van der Waals surface area contributed by atoms with Crippen LogP contribution in [0.25, 0.3) is 0 Å². The third-order valence-electron chi connectivity index (χ3n) is 3.33. The smallest absolute Gasteiger partial charge is 0.224 e. The maximum absolute atomic E-state index is 13.1. The van der Waals surface area contributed by atoms with Crippen molar-refractivity contribution in [2.45, 2.75) is 31.9 Å². The van der Waals surface area contributed by atoms with Gasteiger partial charge < -0.3 is 15.2 Å². The molecule has 1 aliphatic rings. The molecule has 2 rings (SSSR count). The van der Waals surface area contributed by atoms with Crippen molar-refractivity contribution in [1.82, 2.24) is 5.32 Å². The first-order valence-electron chi connectivity index (χ1n) is 6.36. The lowest BCUT2D eigenvalue weighted by molar-refractivity contribution is -0.124. The Labute approximate surface area is 111 Å². The first-order valence-corrected chi connectivity index (χ1v) is 6.36. The second kappa shape index (κ2) is 6.12. The van der Waals surface area contributed by atoms with Gasteiger partial charge in [-0.2, -0.15) is 0 Å². The van der Waals surface area contributed by atoms with Crippen LogP contribution in [0.3, 0.4) is 0 Å². The van der Waals surface area contributed by atoms with Crippen molar-refractivity contribution in [1.29, 1.82) is 0 Å². The van der Waals surface area contributed by atoms with Crippen molar-refractivity contribution in [2.75, 3.05) is 13.2 Å². The van der Waals surface area contributed by atoms with Gasteiger partial charge in [0.2, 0.25) is 5.91 Å². The minimum atomic E-state index is -0.577. The first kappa shape index (κ1) is 14.0. The molecule has 1 amide bonds. The molecule has 0 radical (unpaired) electrons. The van der Waals surface area contributed by atoms with Crippen molar-refractivity contribution in [3.05, 3.63) is 35.1 Å². The maximum Gasteiger partial charge on any atom is 0.224 e. The summed E-state index contributed by atoms with van der Waals surface area (Å²) in [5.74, 6) is -0.585. The molecule has 1 heterocycles. The van der Waals surface area contributed by atoms with Crippen molar-refractivity contribution in [3.63, 3.8) is 0 Å². The Morgan fingerprint density at radius 2 is 2.37 bits per heavy atom. The van der Waals surface area contributed by atoms with Crippen LogP contribution in [0.4, 0.5) is 4.39 Å². The summed E-state index contributed by atoms with van der Waals surface area (Å²) >= 11 is 0. The average Bonchev–Trinajstić information content (AvgIpc) is 2.37. The number of halogens is 1. The lowest BCUT2D eigenvalue weighted by Gasteiger charge is -2.28. The fourth-order valence-corrected chi connectivity index (χ4v) is 2.13. The zero-order valence-corrected chi connectivity index (χ0v) is 10.9. The summed E-state index contributed by atoms with van der Waals surface area (Å²) in [6, 6.07) is 4.00. The van der Waals surface area contributed by atoms with Crippen LogP contribution in [-0.4, -0.2) is 36.4 Å². The number of aliphatic hydroxyl groups is 1. The normalized spacial score (nSPS) is 23.1. The van der Waals surface area contributed by atoms with Gasteiger partial charge in [-0.1, -0.05) is 6.07 Å². The van der Waals surface area contributed by atoms with E-state index in [-0.39, 0.29) is 24.2 Å². The van der Waals surface area contributed by atoms with Crippen molar-refractivity contribution in [2.24, 2.45) is 0 Å². The summed E-state index contributed by atoms with van der Waals surface area (Å²) in [6.45, 7) is 2.66. The second-order valence-electron chi connectivity index (χ2n) is 4.85. The number of carbonyl (C=O) groups excluding carboxylic acids is 1. The van der Waals surface area contributed by atoms with E-state index in [4.69, 9.17) is 4.74 Å². The Morgan fingerprint density at radius 3 is 3.11 bits per heavy atom.